The van der Waals surface area contributed by atoms with Crippen LogP contribution in [0.5, 0.6) is 11.5 Å². The zero-order valence-electron chi connectivity index (χ0n) is 7.49. The average molecular weight is 193 g/mol. The summed E-state index contributed by atoms with van der Waals surface area (Å²) in [6, 6.07) is 4.74. The van der Waals surface area contributed by atoms with Gasteiger partial charge in [-0.25, -0.2) is 0 Å². The molecule has 74 valence electrons. The maximum atomic E-state index is 10.7. The summed E-state index contributed by atoms with van der Waals surface area (Å²) in [7, 11) is 0. The number of ether oxygens (including phenoxy) is 2. The lowest BCUT2D eigenvalue weighted by Crippen LogP contribution is -2.23. The molecule has 4 nitrogen and oxygen atoms in total. The number of carbonyl (C=O) groups is 1. The number of hydrogen-bond donors (Lipinski definition) is 0. The molecular weight excluding hydrogens is 184 g/mol. The van der Waals surface area contributed by atoms with Gasteiger partial charge in [0.2, 0.25) is 0 Å². The molecule has 0 unspecified atom stereocenters. The Bertz CT molecular complexity index is 359. The van der Waals surface area contributed by atoms with E-state index in [1.54, 1.807) is 12.1 Å². The quantitative estimate of drug-likeness (QED) is 0.639. The van der Waals surface area contributed by atoms with Gasteiger partial charge < -0.3 is 19.4 Å². The monoisotopic (exact) mass is 193 g/mol. The Hall–Kier alpha value is -1.71. The van der Waals surface area contributed by atoms with Gasteiger partial charge in [-0.15, -0.1) is 0 Å². The molecule has 0 bridgehead atoms. The molecule has 0 saturated heterocycles. The molecule has 0 aliphatic carbocycles. The van der Waals surface area contributed by atoms with Crippen molar-refractivity contribution in [3.05, 3.63) is 23.8 Å². The molecule has 0 fully saturated rings. The van der Waals surface area contributed by atoms with Crippen molar-refractivity contribution in [3.8, 4) is 11.5 Å². The predicted molar refractivity (Wildman–Crippen MR) is 46.4 cm³/mol. The number of fused-ring (bicyclic) bond motifs is 1. The molecule has 2 rings (SSSR count). The Kier molecular flexibility index (Phi) is 2.26. The van der Waals surface area contributed by atoms with Gasteiger partial charge in [0, 0.05) is 12.0 Å². The van der Waals surface area contributed by atoms with Gasteiger partial charge in [-0.05, 0) is 12.1 Å². The molecule has 0 radical (unpaired) electrons. The first-order chi connectivity index (χ1) is 6.79. The number of carboxylic acids is 1. The van der Waals surface area contributed by atoms with Gasteiger partial charge in [0.15, 0.2) is 11.5 Å². The summed E-state index contributed by atoms with van der Waals surface area (Å²) in [5.41, 5.74) is 0.0457. The summed E-state index contributed by atoms with van der Waals surface area (Å²) >= 11 is 0. The molecular formula is C10H9O4-. The second kappa shape index (κ2) is 3.57. The highest BCUT2D eigenvalue weighted by molar-refractivity contribution is 5.90. The van der Waals surface area contributed by atoms with E-state index in [2.05, 4.69) is 0 Å². The maximum Gasteiger partial charge on any atom is 0.170 e. The third kappa shape index (κ3) is 1.51. The molecule has 14 heavy (non-hydrogen) atoms. The molecule has 1 aliphatic rings. The van der Waals surface area contributed by atoms with Crippen molar-refractivity contribution in [3.63, 3.8) is 0 Å². The number of carboxylic acid groups (broad SMARTS) is 1. The van der Waals surface area contributed by atoms with E-state index in [4.69, 9.17) is 9.47 Å². The number of aromatic carboxylic acids is 1. The van der Waals surface area contributed by atoms with Crippen LogP contribution in [-0.4, -0.2) is 19.2 Å². The summed E-state index contributed by atoms with van der Waals surface area (Å²) < 4.78 is 10.6. The highest BCUT2D eigenvalue weighted by atomic mass is 16.5. The highest BCUT2D eigenvalue weighted by Gasteiger charge is 2.14. The fourth-order valence-corrected chi connectivity index (χ4v) is 1.35. The van der Waals surface area contributed by atoms with Crippen molar-refractivity contribution in [2.24, 2.45) is 0 Å². The van der Waals surface area contributed by atoms with Crippen LogP contribution in [0.2, 0.25) is 0 Å². The van der Waals surface area contributed by atoms with Crippen LogP contribution in [-0.2, 0) is 0 Å². The van der Waals surface area contributed by atoms with Gasteiger partial charge in [-0.1, -0.05) is 6.07 Å². The van der Waals surface area contributed by atoms with Crippen molar-refractivity contribution in [2.75, 3.05) is 13.2 Å². The predicted octanol–water partition coefficient (Wildman–Crippen LogP) is 0.211. The van der Waals surface area contributed by atoms with Gasteiger partial charge >= 0.3 is 0 Å². The molecule has 0 atom stereocenters. The van der Waals surface area contributed by atoms with Crippen LogP contribution < -0.4 is 14.6 Å². The van der Waals surface area contributed by atoms with Gasteiger partial charge in [-0.3, -0.25) is 0 Å². The van der Waals surface area contributed by atoms with E-state index in [1.165, 1.54) is 6.07 Å². The first kappa shape index (κ1) is 8.87. The van der Waals surface area contributed by atoms with Gasteiger partial charge in [0.1, 0.15) is 0 Å². The first-order valence-electron chi connectivity index (χ1n) is 4.39. The third-order valence-electron chi connectivity index (χ3n) is 1.99. The Balaban J connectivity index is 2.47. The van der Waals surface area contributed by atoms with Crippen LogP contribution in [0.4, 0.5) is 0 Å². The van der Waals surface area contributed by atoms with E-state index in [0.717, 1.165) is 6.42 Å². The molecule has 4 heteroatoms. The molecule has 0 amide bonds. The Morgan fingerprint density at radius 1 is 1.29 bits per heavy atom. The van der Waals surface area contributed by atoms with E-state index in [-0.39, 0.29) is 11.3 Å². The van der Waals surface area contributed by atoms with Crippen molar-refractivity contribution in [1.29, 1.82) is 0 Å². The average Bonchev–Trinajstić information content (AvgIpc) is 2.41. The van der Waals surface area contributed by atoms with Crippen LogP contribution in [0, 0.1) is 0 Å². The van der Waals surface area contributed by atoms with Crippen molar-refractivity contribution >= 4 is 5.97 Å². The van der Waals surface area contributed by atoms with E-state index in [0.29, 0.717) is 19.0 Å². The minimum absolute atomic E-state index is 0.0457. The fourth-order valence-electron chi connectivity index (χ4n) is 1.35. The Morgan fingerprint density at radius 2 is 2.07 bits per heavy atom. The second-order valence-electron chi connectivity index (χ2n) is 2.97. The zero-order chi connectivity index (χ0) is 9.97. The van der Waals surface area contributed by atoms with E-state index in [1.807, 2.05) is 0 Å². The van der Waals surface area contributed by atoms with Gasteiger partial charge in [0.05, 0.1) is 19.2 Å². The third-order valence-corrected chi connectivity index (χ3v) is 1.99. The Labute approximate surface area is 81.1 Å². The normalized spacial score (nSPS) is 14.6. The van der Waals surface area contributed by atoms with Crippen molar-refractivity contribution in [1.82, 2.24) is 0 Å². The molecule has 1 aromatic carbocycles. The number of carbonyl (C=O) groups excluding carboxylic acids is 1. The number of para-hydroxylation sites is 1. The topological polar surface area (TPSA) is 58.6 Å². The summed E-state index contributed by atoms with van der Waals surface area (Å²) in [6.07, 6.45) is 0.751. The minimum atomic E-state index is -1.24. The molecule has 0 aromatic heterocycles. The smallest absolute Gasteiger partial charge is 0.170 e. The maximum absolute atomic E-state index is 10.7. The molecule has 1 aromatic rings. The van der Waals surface area contributed by atoms with Crippen molar-refractivity contribution < 1.29 is 19.4 Å². The largest absolute Gasteiger partial charge is 0.545 e. The summed E-state index contributed by atoms with van der Waals surface area (Å²) in [6.45, 7) is 1.01. The van der Waals surface area contributed by atoms with Crippen LogP contribution in [0.25, 0.3) is 0 Å². The number of benzene rings is 1. The minimum Gasteiger partial charge on any atom is -0.545 e. The van der Waals surface area contributed by atoms with Crippen LogP contribution >= 0.6 is 0 Å². The standard InChI is InChI=1S/C10H10O4/c11-10(12)7-3-1-4-8-9(7)14-6-2-5-13-8/h1,3-4H,2,5-6H2,(H,11,12)/p-1. The zero-order valence-corrected chi connectivity index (χ0v) is 7.49. The lowest BCUT2D eigenvalue weighted by Gasteiger charge is -2.12. The van der Waals surface area contributed by atoms with Crippen molar-refractivity contribution in [2.45, 2.75) is 6.42 Å². The Morgan fingerprint density at radius 3 is 2.86 bits per heavy atom. The second-order valence-corrected chi connectivity index (χ2v) is 2.97. The van der Waals surface area contributed by atoms with E-state index < -0.39 is 5.97 Å². The van der Waals surface area contributed by atoms with E-state index in [9.17, 15) is 9.90 Å². The highest BCUT2D eigenvalue weighted by Crippen LogP contribution is 2.32. The number of hydrogen-bond acceptors (Lipinski definition) is 4. The fraction of sp³-hybridized carbons (Fsp3) is 0.300. The molecule has 0 spiro atoms. The molecule has 1 aliphatic heterocycles. The molecule has 1 heterocycles. The number of rotatable bonds is 1. The molecule has 0 saturated carbocycles. The summed E-state index contributed by atoms with van der Waals surface area (Å²) in [4.78, 5) is 10.7. The lowest BCUT2D eigenvalue weighted by atomic mass is 10.2. The van der Waals surface area contributed by atoms with Crippen LogP contribution in [0.1, 0.15) is 16.8 Å². The van der Waals surface area contributed by atoms with Gasteiger partial charge in [0.25, 0.3) is 0 Å². The van der Waals surface area contributed by atoms with E-state index >= 15 is 0 Å². The SMILES string of the molecule is O=C([O-])c1cccc2c1OCCCO2. The summed E-state index contributed by atoms with van der Waals surface area (Å²) in [5, 5.41) is 10.7. The molecule has 0 N–H and O–H groups in total. The van der Waals surface area contributed by atoms with Gasteiger partial charge in [-0.2, -0.15) is 0 Å². The first-order valence-corrected chi connectivity index (χ1v) is 4.39. The van der Waals surface area contributed by atoms with Crippen LogP contribution in [0.15, 0.2) is 18.2 Å². The summed E-state index contributed by atoms with van der Waals surface area (Å²) in [5.74, 6) is -0.485. The van der Waals surface area contributed by atoms with Crippen LogP contribution in [0.3, 0.4) is 0 Å². The lowest BCUT2D eigenvalue weighted by molar-refractivity contribution is -0.255.